The first-order valence-corrected chi connectivity index (χ1v) is 7.20. The predicted octanol–water partition coefficient (Wildman–Crippen LogP) is 1.77. The van der Waals surface area contributed by atoms with Gasteiger partial charge in [-0.2, -0.15) is 4.98 Å². The standard InChI is InChI=1S/C14H19N5O2/c1-20-12-6-11(16-8-17-12)13-18-14(21-19-13)10-4-2-9(7-15)3-5-10/h6,8-10H,2-5,7,15H2,1H3. The second kappa shape index (κ2) is 6.17. The summed E-state index contributed by atoms with van der Waals surface area (Å²) in [7, 11) is 1.56. The van der Waals surface area contributed by atoms with Crippen LogP contribution in [0.4, 0.5) is 0 Å². The zero-order valence-electron chi connectivity index (χ0n) is 12.0. The van der Waals surface area contributed by atoms with Crippen molar-refractivity contribution in [2.45, 2.75) is 31.6 Å². The average Bonchev–Trinajstić information content (AvgIpc) is 3.05. The molecule has 0 aliphatic heterocycles. The van der Waals surface area contributed by atoms with Crippen LogP contribution < -0.4 is 10.5 Å². The summed E-state index contributed by atoms with van der Waals surface area (Å²) in [5, 5.41) is 4.02. The van der Waals surface area contributed by atoms with E-state index in [0.717, 1.165) is 32.2 Å². The van der Waals surface area contributed by atoms with Crippen molar-refractivity contribution in [2.24, 2.45) is 11.7 Å². The number of hydrogen-bond donors (Lipinski definition) is 1. The van der Waals surface area contributed by atoms with Gasteiger partial charge in [0.2, 0.25) is 17.6 Å². The molecule has 0 unspecified atom stereocenters. The molecule has 7 nitrogen and oxygen atoms in total. The van der Waals surface area contributed by atoms with Gasteiger partial charge < -0.3 is 15.0 Å². The normalized spacial score (nSPS) is 22.2. The van der Waals surface area contributed by atoms with Crippen LogP contribution in [0.25, 0.3) is 11.5 Å². The van der Waals surface area contributed by atoms with E-state index in [1.807, 2.05) is 0 Å². The number of hydrogen-bond acceptors (Lipinski definition) is 7. The van der Waals surface area contributed by atoms with E-state index in [9.17, 15) is 0 Å². The molecule has 21 heavy (non-hydrogen) atoms. The van der Waals surface area contributed by atoms with Gasteiger partial charge in [0, 0.05) is 12.0 Å². The minimum Gasteiger partial charge on any atom is -0.481 e. The highest BCUT2D eigenvalue weighted by Crippen LogP contribution is 2.35. The van der Waals surface area contributed by atoms with Gasteiger partial charge in [0.25, 0.3) is 0 Å². The Morgan fingerprint density at radius 1 is 1.29 bits per heavy atom. The summed E-state index contributed by atoms with van der Waals surface area (Å²) in [4.78, 5) is 12.6. The fraction of sp³-hybridized carbons (Fsp3) is 0.571. The van der Waals surface area contributed by atoms with Gasteiger partial charge in [-0.05, 0) is 38.1 Å². The SMILES string of the molecule is COc1cc(-c2noc(C3CCC(CN)CC3)n2)ncn1. The van der Waals surface area contributed by atoms with Gasteiger partial charge >= 0.3 is 0 Å². The summed E-state index contributed by atoms with van der Waals surface area (Å²) in [5.41, 5.74) is 6.32. The maximum atomic E-state index is 5.72. The van der Waals surface area contributed by atoms with Crippen LogP contribution in [0.2, 0.25) is 0 Å². The van der Waals surface area contributed by atoms with E-state index in [0.29, 0.717) is 35.1 Å². The second-order valence-electron chi connectivity index (χ2n) is 5.36. The molecule has 0 saturated heterocycles. The Morgan fingerprint density at radius 3 is 2.81 bits per heavy atom. The van der Waals surface area contributed by atoms with Crippen LogP contribution in [-0.4, -0.2) is 33.8 Å². The van der Waals surface area contributed by atoms with Gasteiger partial charge in [-0.25, -0.2) is 9.97 Å². The number of methoxy groups -OCH3 is 1. The number of ether oxygens (including phenoxy) is 1. The summed E-state index contributed by atoms with van der Waals surface area (Å²) in [6.07, 6.45) is 5.78. The van der Waals surface area contributed by atoms with Crippen molar-refractivity contribution in [1.29, 1.82) is 0 Å². The summed E-state index contributed by atoms with van der Waals surface area (Å²) in [6, 6.07) is 1.69. The quantitative estimate of drug-likeness (QED) is 0.915. The van der Waals surface area contributed by atoms with Crippen molar-refractivity contribution in [3.8, 4) is 17.4 Å². The summed E-state index contributed by atoms with van der Waals surface area (Å²) < 4.78 is 10.5. The van der Waals surface area contributed by atoms with E-state index in [1.165, 1.54) is 6.33 Å². The molecule has 2 aromatic heterocycles. The Labute approximate surface area is 122 Å². The lowest BCUT2D eigenvalue weighted by Crippen LogP contribution is -2.20. The molecule has 112 valence electrons. The molecule has 0 bridgehead atoms. The third-order valence-corrected chi connectivity index (χ3v) is 4.05. The highest BCUT2D eigenvalue weighted by Gasteiger charge is 2.26. The molecule has 0 radical (unpaired) electrons. The summed E-state index contributed by atoms with van der Waals surface area (Å²) in [6.45, 7) is 0.766. The third kappa shape index (κ3) is 3.02. The lowest BCUT2D eigenvalue weighted by atomic mass is 9.82. The van der Waals surface area contributed by atoms with Crippen molar-refractivity contribution in [1.82, 2.24) is 20.1 Å². The molecule has 2 heterocycles. The zero-order chi connectivity index (χ0) is 14.7. The lowest BCUT2D eigenvalue weighted by molar-refractivity contribution is 0.275. The van der Waals surface area contributed by atoms with Gasteiger partial charge in [0.15, 0.2) is 0 Å². The maximum Gasteiger partial charge on any atom is 0.230 e. The molecule has 2 aromatic rings. The van der Waals surface area contributed by atoms with Crippen LogP contribution in [0.3, 0.4) is 0 Å². The molecule has 1 aliphatic rings. The van der Waals surface area contributed by atoms with E-state index in [-0.39, 0.29) is 0 Å². The molecule has 0 aromatic carbocycles. The van der Waals surface area contributed by atoms with Crippen LogP contribution in [0.5, 0.6) is 5.88 Å². The first kappa shape index (κ1) is 13.9. The fourth-order valence-electron chi connectivity index (χ4n) is 2.72. The average molecular weight is 289 g/mol. The molecular formula is C14H19N5O2. The monoisotopic (exact) mass is 289 g/mol. The van der Waals surface area contributed by atoms with Crippen molar-refractivity contribution in [3.63, 3.8) is 0 Å². The Balaban J connectivity index is 1.74. The molecule has 0 amide bonds. The molecule has 1 aliphatic carbocycles. The molecule has 3 rings (SSSR count). The van der Waals surface area contributed by atoms with Crippen molar-refractivity contribution in [3.05, 3.63) is 18.3 Å². The van der Waals surface area contributed by atoms with E-state index in [1.54, 1.807) is 13.2 Å². The summed E-state index contributed by atoms with van der Waals surface area (Å²) >= 11 is 0. The molecule has 0 atom stereocenters. The summed E-state index contributed by atoms with van der Waals surface area (Å²) in [5.74, 6) is 2.62. The highest BCUT2D eigenvalue weighted by molar-refractivity contribution is 5.49. The number of nitrogens with two attached hydrogens (primary N) is 1. The smallest absolute Gasteiger partial charge is 0.230 e. The number of nitrogens with zero attached hydrogens (tertiary/aromatic N) is 4. The topological polar surface area (TPSA) is 100.0 Å². The predicted molar refractivity (Wildman–Crippen MR) is 75.6 cm³/mol. The minimum absolute atomic E-state index is 0.331. The number of aromatic nitrogens is 4. The van der Waals surface area contributed by atoms with Crippen molar-refractivity contribution >= 4 is 0 Å². The second-order valence-corrected chi connectivity index (χ2v) is 5.36. The third-order valence-electron chi connectivity index (χ3n) is 4.05. The largest absolute Gasteiger partial charge is 0.481 e. The Kier molecular flexibility index (Phi) is 4.10. The van der Waals surface area contributed by atoms with Crippen LogP contribution in [0.1, 0.15) is 37.5 Å². The van der Waals surface area contributed by atoms with Gasteiger partial charge in [-0.1, -0.05) is 5.16 Å². The van der Waals surface area contributed by atoms with Crippen molar-refractivity contribution < 1.29 is 9.26 Å². The molecule has 7 heteroatoms. The van der Waals surface area contributed by atoms with Gasteiger partial charge in [-0.3, -0.25) is 0 Å². The fourth-order valence-corrected chi connectivity index (χ4v) is 2.72. The molecule has 2 N–H and O–H groups in total. The van der Waals surface area contributed by atoms with E-state index in [4.69, 9.17) is 15.0 Å². The van der Waals surface area contributed by atoms with Crippen LogP contribution >= 0.6 is 0 Å². The van der Waals surface area contributed by atoms with E-state index < -0.39 is 0 Å². The van der Waals surface area contributed by atoms with Gasteiger partial charge in [-0.15, -0.1) is 0 Å². The lowest BCUT2D eigenvalue weighted by Gasteiger charge is -2.24. The first-order chi connectivity index (χ1) is 10.3. The zero-order valence-corrected chi connectivity index (χ0v) is 12.0. The highest BCUT2D eigenvalue weighted by atomic mass is 16.5. The Morgan fingerprint density at radius 2 is 2.10 bits per heavy atom. The van der Waals surface area contributed by atoms with Crippen LogP contribution in [-0.2, 0) is 0 Å². The number of rotatable bonds is 4. The van der Waals surface area contributed by atoms with E-state index in [2.05, 4.69) is 20.1 Å². The Hall–Kier alpha value is -2.02. The maximum absolute atomic E-state index is 5.72. The van der Waals surface area contributed by atoms with Crippen molar-refractivity contribution in [2.75, 3.05) is 13.7 Å². The van der Waals surface area contributed by atoms with Gasteiger partial charge in [0.05, 0.1) is 7.11 Å². The molecular weight excluding hydrogens is 270 g/mol. The van der Waals surface area contributed by atoms with Crippen LogP contribution in [0, 0.1) is 5.92 Å². The molecule has 1 saturated carbocycles. The first-order valence-electron chi connectivity index (χ1n) is 7.20. The van der Waals surface area contributed by atoms with E-state index >= 15 is 0 Å². The van der Waals surface area contributed by atoms with Gasteiger partial charge in [0.1, 0.15) is 12.0 Å². The minimum atomic E-state index is 0.331. The van der Waals surface area contributed by atoms with Crippen LogP contribution in [0.15, 0.2) is 16.9 Å². The molecule has 1 fully saturated rings. The molecule has 0 spiro atoms. The Bertz CT molecular complexity index is 593.